The zero-order valence-electron chi connectivity index (χ0n) is 21.9. The molecule has 0 saturated heterocycles. The number of carbonyl (C=O) groups excluding carboxylic acids is 2. The number of aromatic nitrogens is 1. The lowest BCUT2D eigenvalue weighted by Crippen LogP contribution is -2.29. The average molecular weight is 612 g/mol. The maximum absolute atomic E-state index is 13.9. The first-order valence-electron chi connectivity index (χ1n) is 12.7. The van der Waals surface area contributed by atoms with Crippen LogP contribution in [-0.2, 0) is 4.74 Å². The molecular weight excluding hydrogens is 584 g/mol. The molecule has 1 atom stereocenters. The highest BCUT2D eigenvalue weighted by Gasteiger charge is 2.45. The van der Waals surface area contributed by atoms with Crippen LogP contribution >= 0.6 is 27.3 Å². The van der Waals surface area contributed by atoms with Crippen molar-refractivity contribution in [2.75, 3.05) is 18.1 Å². The van der Waals surface area contributed by atoms with E-state index in [-0.39, 0.29) is 28.5 Å². The van der Waals surface area contributed by atoms with Crippen molar-refractivity contribution < 1.29 is 23.5 Å². The van der Waals surface area contributed by atoms with Gasteiger partial charge in [0.25, 0.3) is 5.91 Å². The normalized spacial score (nSPS) is 14.8. The lowest BCUT2D eigenvalue weighted by Gasteiger charge is -2.23. The quantitative estimate of drug-likeness (QED) is 0.205. The molecule has 1 amide bonds. The SMILES string of the molecule is CCOC(=O)c1sc(N2C(=O)c3oc4ccc(Br)cc4c(=O)c3C2c2cccc(OCCC(C)C)c2)nc1C. The number of nitrogens with zero attached hydrogens (tertiary/aromatic N) is 2. The number of hydrogen-bond acceptors (Lipinski definition) is 8. The Kier molecular flexibility index (Phi) is 7.59. The van der Waals surface area contributed by atoms with Crippen LogP contribution < -0.4 is 15.1 Å². The smallest absolute Gasteiger partial charge is 0.350 e. The van der Waals surface area contributed by atoms with Crippen LogP contribution in [0.1, 0.15) is 70.3 Å². The number of fused-ring (bicyclic) bond motifs is 2. The molecule has 1 aliphatic heterocycles. The Labute approximate surface area is 237 Å². The Morgan fingerprint density at radius 3 is 2.74 bits per heavy atom. The van der Waals surface area contributed by atoms with Gasteiger partial charge in [0.1, 0.15) is 16.2 Å². The Balaban J connectivity index is 1.68. The number of rotatable bonds is 8. The molecule has 5 rings (SSSR count). The first-order valence-corrected chi connectivity index (χ1v) is 14.3. The lowest BCUT2D eigenvalue weighted by molar-refractivity contribution is 0.0531. The summed E-state index contributed by atoms with van der Waals surface area (Å²) in [6.07, 6.45) is 0.889. The molecule has 0 N–H and O–H groups in total. The molecular formula is C29H27BrN2O6S. The van der Waals surface area contributed by atoms with Gasteiger partial charge in [-0.25, -0.2) is 9.78 Å². The lowest BCUT2D eigenvalue weighted by atomic mass is 9.98. The van der Waals surface area contributed by atoms with Gasteiger partial charge in [0.2, 0.25) is 5.76 Å². The van der Waals surface area contributed by atoms with Gasteiger partial charge in [-0.3, -0.25) is 14.5 Å². The summed E-state index contributed by atoms with van der Waals surface area (Å²) >= 11 is 4.47. The van der Waals surface area contributed by atoms with E-state index in [4.69, 9.17) is 13.9 Å². The summed E-state index contributed by atoms with van der Waals surface area (Å²) in [5, 5.41) is 0.627. The minimum atomic E-state index is -0.832. The third-order valence-electron chi connectivity index (χ3n) is 6.42. The summed E-state index contributed by atoms with van der Waals surface area (Å²) in [7, 11) is 0. The maximum atomic E-state index is 13.9. The van der Waals surface area contributed by atoms with E-state index in [0.717, 1.165) is 22.2 Å². The summed E-state index contributed by atoms with van der Waals surface area (Å²) in [6, 6.07) is 11.6. The highest BCUT2D eigenvalue weighted by Crippen LogP contribution is 2.44. The molecule has 3 heterocycles. The number of esters is 1. The number of amides is 1. The van der Waals surface area contributed by atoms with Crippen LogP contribution in [0, 0.1) is 12.8 Å². The third-order valence-corrected chi connectivity index (χ3v) is 8.05. The number of thiazole rings is 1. The summed E-state index contributed by atoms with van der Waals surface area (Å²) in [4.78, 5) is 46.6. The van der Waals surface area contributed by atoms with Crippen LogP contribution in [-0.4, -0.2) is 30.1 Å². The van der Waals surface area contributed by atoms with E-state index >= 15 is 0 Å². The van der Waals surface area contributed by atoms with Gasteiger partial charge in [0, 0.05) is 4.47 Å². The van der Waals surface area contributed by atoms with Gasteiger partial charge in [-0.2, -0.15) is 0 Å². The number of carbonyl (C=O) groups is 2. The van der Waals surface area contributed by atoms with Gasteiger partial charge < -0.3 is 13.9 Å². The first-order chi connectivity index (χ1) is 18.7. The van der Waals surface area contributed by atoms with E-state index in [0.29, 0.717) is 45.4 Å². The standard InChI is InChI=1S/C29H27BrN2O6S/c1-5-36-28(35)26-16(4)31-29(39-26)32-23(17-7-6-8-19(13-17)37-12-11-15(2)3)22-24(33)20-14-18(30)9-10-21(20)38-25(22)27(32)34/h6-10,13-15,23H,5,11-12H2,1-4H3. The van der Waals surface area contributed by atoms with Crippen molar-refractivity contribution in [2.24, 2.45) is 5.92 Å². The minimum absolute atomic E-state index is 0.0449. The zero-order chi connectivity index (χ0) is 27.8. The number of ether oxygens (including phenoxy) is 2. The molecule has 0 radical (unpaired) electrons. The largest absolute Gasteiger partial charge is 0.494 e. The molecule has 8 nitrogen and oxygen atoms in total. The van der Waals surface area contributed by atoms with Crippen LogP contribution in [0.2, 0.25) is 0 Å². The number of hydrogen-bond donors (Lipinski definition) is 0. The molecule has 0 bridgehead atoms. The van der Waals surface area contributed by atoms with E-state index in [1.54, 1.807) is 32.0 Å². The molecule has 0 aliphatic carbocycles. The van der Waals surface area contributed by atoms with E-state index in [1.165, 1.54) is 4.90 Å². The molecule has 4 aromatic rings. The summed E-state index contributed by atoms with van der Waals surface area (Å²) in [5.74, 6) is 0.0555. The van der Waals surface area contributed by atoms with Gasteiger partial charge in [-0.05, 0) is 62.1 Å². The van der Waals surface area contributed by atoms with Crippen LogP contribution in [0.25, 0.3) is 11.0 Å². The Morgan fingerprint density at radius 2 is 2.00 bits per heavy atom. The van der Waals surface area contributed by atoms with Crippen molar-refractivity contribution in [3.63, 3.8) is 0 Å². The number of aryl methyl sites for hydroxylation is 1. The predicted octanol–water partition coefficient (Wildman–Crippen LogP) is 6.67. The van der Waals surface area contributed by atoms with Crippen LogP contribution in [0.5, 0.6) is 5.75 Å². The molecule has 0 fully saturated rings. The van der Waals surface area contributed by atoms with E-state index in [9.17, 15) is 14.4 Å². The fourth-order valence-corrected chi connectivity index (χ4v) is 5.86. The topological polar surface area (TPSA) is 98.9 Å². The minimum Gasteiger partial charge on any atom is -0.494 e. The number of halogens is 1. The second-order valence-corrected chi connectivity index (χ2v) is 11.5. The highest BCUT2D eigenvalue weighted by atomic mass is 79.9. The Morgan fingerprint density at radius 1 is 1.21 bits per heavy atom. The summed E-state index contributed by atoms with van der Waals surface area (Å²) in [6.45, 7) is 8.42. The molecule has 2 aromatic heterocycles. The zero-order valence-corrected chi connectivity index (χ0v) is 24.4. The average Bonchev–Trinajstić information content (AvgIpc) is 3.42. The number of anilines is 1. The van der Waals surface area contributed by atoms with Crippen molar-refractivity contribution in [1.82, 2.24) is 4.98 Å². The van der Waals surface area contributed by atoms with Gasteiger partial charge in [-0.1, -0.05) is 53.2 Å². The summed E-state index contributed by atoms with van der Waals surface area (Å²) < 4.78 is 17.9. The monoisotopic (exact) mass is 610 g/mol. The predicted molar refractivity (Wildman–Crippen MR) is 153 cm³/mol. The fourth-order valence-electron chi connectivity index (χ4n) is 4.52. The summed E-state index contributed by atoms with van der Waals surface area (Å²) in [5.41, 5.74) is 1.32. The molecule has 0 saturated carbocycles. The van der Waals surface area contributed by atoms with E-state index in [2.05, 4.69) is 34.8 Å². The molecule has 0 spiro atoms. The van der Waals surface area contributed by atoms with Crippen molar-refractivity contribution in [3.8, 4) is 5.75 Å². The Bertz CT molecular complexity index is 1640. The van der Waals surface area contributed by atoms with Crippen LogP contribution in [0.15, 0.2) is 56.1 Å². The van der Waals surface area contributed by atoms with Crippen molar-refractivity contribution >= 4 is 55.2 Å². The van der Waals surface area contributed by atoms with E-state index < -0.39 is 17.9 Å². The van der Waals surface area contributed by atoms with Gasteiger partial charge in [0.15, 0.2) is 10.6 Å². The molecule has 1 unspecified atom stereocenters. The molecule has 10 heteroatoms. The second-order valence-electron chi connectivity index (χ2n) is 9.63. The van der Waals surface area contributed by atoms with Gasteiger partial charge in [0.05, 0.1) is 35.9 Å². The third kappa shape index (κ3) is 5.10. The first kappa shape index (κ1) is 27.1. The number of benzene rings is 2. The second kappa shape index (κ2) is 10.9. The van der Waals surface area contributed by atoms with Crippen molar-refractivity contribution in [2.45, 2.75) is 40.2 Å². The maximum Gasteiger partial charge on any atom is 0.350 e. The van der Waals surface area contributed by atoms with E-state index in [1.807, 2.05) is 24.3 Å². The van der Waals surface area contributed by atoms with Crippen LogP contribution in [0.3, 0.4) is 0 Å². The van der Waals surface area contributed by atoms with Crippen molar-refractivity contribution in [3.05, 3.63) is 84.6 Å². The fraction of sp³-hybridized carbons (Fsp3) is 0.310. The molecule has 1 aliphatic rings. The van der Waals surface area contributed by atoms with Gasteiger partial charge in [-0.15, -0.1) is 0 Å². The van der Waals surface area contributed by atoms with Crippen LogP contribution in [0.4, 0.5) is 5.13 Å². The molecule has 39 heavy (non-hydrogen) atoms. The van der Waals surface area contributed by atoms with Crippen molar-refractivity contribution in [1.29, 1.82) is 0 Å². The molecule has 202 valence electrons. The molecule has 2 aromatic carbocycles. The highest BCUT2D eigenvalue weighted by molar-refractivity contribution is 9.10. The van der Waals surface area contributed by atoms with Gasteiger partial charge >= 0.3 is 5.97 Å². The Hall–Kier alpha value is -3.50.